The SMILES string of the molecule is CC1=CCC2C(C)(C)CCCC2(C)C1CCC1=CCOC1=O. The third-order valence-corrected chi connectivity index (χ3v) is 6.81. The maximum Gasteiger partial charge on any atom is 0.334 e. The number of rotatable bonds is 3. The smallest absolute Gasteiger partial charge is 0.334 e. The lowest BCUT2D eigenvalue weighted by atomic mass is 9.48. The van der Waals surface area contributed by atoms with Crippen LogP contribution in [-0.2, 0) is 9.53 Å². The molecular weight excluding hydrogens is 272 g/mol. The van der Waals surface area contributed by atoms with Gasteiger partial charge in [0, 0.05) is 5.57 Å². The fourth-order valence-corrected chi connectivity index (χ4v) is 5.59. The predicted octanol–water partition coefficient (Wildman–Crippen LogP) is 5.05. The van der Waals surface area contributed by atoms with Crippen LogP contribution in [0.1, 0.15) is 66.2 Å². The van der Waals surface area contributed by atoms with Crippen molar-refractivity contribution in [2.45, 2.75) is 66.2 Å². The van der Waals surface area contributed by atoms with Crippen molar-refractivity contribution in [3.63, 3.8) is 0 Å². The molecule has 0 aromatic carbocycles. The van der Waals surface area contributed by atoms with E-state index in [9.17, 15) is 4.79 Å². The first-order valence-corrected chi connectivity index (χ1v) is 8.87. The molecule has 0 aromatic heterocycles. The van der Waals surface area contributed by atoms with Crippen LogP contribution < -0.4 is 0 Å². The molecule has 2 nitrogen and oxygen atoms in total. The maximum atomic E-state index is 11.7. The molecular formula is C20H30O2. The van der Waals surface area contributed by atoms with E-state index in [1.807, 2.05) is 6.08 Å². The summed E-state index contributed by atoms with van der Waals surface area (Å²) in [7, 11) is 0. The molecule has 0 aromatic rings. The summed E-state index contributed by atoms with van der Waals surface area (Å²) in [5.74, 6) is 1.29. The quantitative estimate of drug-likeness (QED) is 0.539. The highest BCUT2D eigenvalue weighted by atomic mass is 16.5. The van der Waals surface area contributed by atoms with Gasteiger partial charge in [0.2, 0.25) is 0 Å². The fourth-order valence-electron chi connectivity index (χ4n) is 5.59. The lowest BCUT2D eigenvalue weighted by Crippen LogP contribution is -2.48. The van der Waals surface area contributed by atoms with E-state index >= 15 is 0 Å². The maximum absolute atomic E-state index is 11.7. The summed E-state index contributed by atoms with van der Waals surface area (Å²) in [4.78, 5) is 11.7. The number of carbonyl (C=O) groups is 1. The molecule has 0 spiro atoms. The second-order valence-corrected chi connectivity index (χ2v) is 8.50. The molecule has 0 bridgehead atoms. The summed E-state index contributed by atoms with van der Waals surface area (Å²) in [5.41, 5.74) is 3.27. The molecule has 1 aliphatic heterocycles. The van der Waals surface area contributed by atoms with Crippen molar-refractivity contribution < 1.29 is 9.53 Å². The molecule has 3 unspecified atom stereocenters. The molecule has 2 aliphatic carbocycles. The van der Waals surface area contributed by atoms with Gasteiger partial charge in [-0.15, -0.1) is 0 Å². The molecule has 1 fully saturated rings. The second-order valence-electron chi connectivity index (χ2n) is 8.50. The number of hydrogen-bond acceptors (Lipinski definition) is 2. The Hall–Kier alpha value is -1.05. The van der Waals surface area contributed by atoms with E-state index in [-0.39, 0.29) is 5.97 Å². The van der Waals surface area contributed by atoms with Crippen LogP contribution in [0.3, 0.4) is 0 Å². The van der Waals surface area contributed by atoms with E-state index in [0.717, 1.165) is 24.3 Å². The molecule has 1 saturated carbocycles. The van der Waals surface area contributed by atoms with E-state index in [1.165, 1.54) is 25.7 Å². The molecule has 22 heavy (non-hydrogen) atoms. The first-order chi connectivity index (χ1) is 10.3. The monoisotopic (exact) mass is 302 g/mol. The van der Waals surface area contributed by atoms with Crippen LogP contribution in [0.5, 0.6) is 0 Å². The Bertz CT molecular complexity index is 526. The summed E-state index contributed by atoms with van der Waals surface area (Å²) >= 11 is 0. The van der Waals surface area contributed by atoms with Gasteiger partial charge >= 0.3 is 5.97 Å². The van der Waals surface area contributed by atoms with Crippen molar-refractivity contribution in [2.24, 2.45) is 22.7 Å². The van der Waals surface area contributed by atoms with Crippen molar-refractivity contribution in [2.75, 3.05) is 6.61 Å². The summed E-state index contributed by atoms with van der Waals surface area (Å²) < 4.78 is 5.05. The zero-order valence-electron chi connectivity index (χ0n) is 14.6. The Kier molecular flexibility index (Phi) is 3.99. The normalized spacial score (nSPS) is 37.2. The minimum atomic E-state index is -0.0943. The van der Waals surface area contributed by atoms with Crippen LogP contribution in [-0.4, -0.2) is 12.6 Å². The van der Waals surface area contributed by atoms with Crippen molar-refractivity contribution in [1.82, 2.24) is 0 Å². The van der Waals surface area contributed by atoms with Crippen LogP contribution in [0.25, 0.3) is 0 Å². The fraction of sp³-hybridized carbons (Fsp3) is 0.750. The van der Waals surface area contributed by atoms with Crippen molar-refractivity contribution >= 4 is 5.97 Å². The van der Waals surface area contributed by atoms with Crippen molar-refractivity contribution in [3.05, 3.63) is 23.3 Å². The third kappa shape index (κ3) is 2.55. The first kappa shape index (κ1) is 15.8. The molecule has 1 heterocycles. The Morgan fingerprint density at radius 2 is 2.00 bits per heavy atom. The molecule has 122 valence electrons. The first-order valence-electron chi connectivity index (χ1n) is 8.87. The Labute approximate surface area is 135 Å². The van der Waals surface area contributed by atoms with E-state index in [0.29, 0.717) is 23.4 Å². The Morgan fingerprint density at radius 3 is 2.68 bits per heavy atom. The highest BCUT2D eigenvalue weighted by Gasteiger charge is 2.51. The van der Waals surface area contributed by atoms with E-state index in [1.54, 1.807) is 5.57 Å². The van der Waals surface area contributed by atoms with Crippen LogP contribution in [0, 0.1) is 22.7 Å². The summed E-state index contributed by atoms with van der Waals surface area (Å²) in [6.07, 6.45) is 11.7. The molecule has 0 amide bonds. The largest absolute Gasteiger partial charge is 0.458 e. The molecule has 0 saturated heterocycles. The van der Waals surface area contributed by atoms with Gasteiger partial charge in [-0.1, -0.05) is 38.8 Å². The van der Waals surface area contributed by atoms with Gasteiger partial charge in [0.05, 0.1) is 0 Å². The number of cyclic esters (lactones) is 1. The van der Waals surface area contributed by atoms with Gasteiger partial charge in [0.25, 0.3) is 0 Å². The van der Waals surface area contributed by atoms with Crippen molar-refractivity contribution in [1.29, 1.82) is 0 Å². The van der Waals surface area contributed by atoms with Gasteiger partial charge in [-0.3, -0.25) is 0 Å². The minimum absolute atomic E-state index is 0.0943. The molecule has 3 rings (SSSR count). The summed E-state index contributed by atoms with van der Waals surface area (Å²) in [5, 5.41) is 0. The molecule has 0 radical (unpaired) electrons. The highest BCUT2D eigenvalue weighted by Crippen LogP contribution is 2.60. The standard InChI is InChI=1S/C20H30O2/c1-14-6-9-17-19(2,3)11-5-12-20(17,4)16(14)8-7-15-10-13-22-18(15)21/h6,10,16-17H,5,7-9,11-13H2,1-4H3. The zero-order valence-corrected chi connectivity index (χ0v) is 14.6. The van der Waals surface area contributed by atoms with Gasteiger partial charge in [0.1, 0.15) is 6.61 Å². The van der Waals surface area contributed by atoms with E-state index in [2.05, 4.69) is 33.8 Å². The topological polar surface area (TPSA) is 26.3 Å². The van der Waals surface area contributed by atoms with E-state index in [4.69, 9.17) is 4.74 Å². The number of carbonyl (C=O) groups excluding carboxylic acids is 1. The molecule has 0 N–H and O–H groups in total. The predicted molar refractivity (Wildman–Crippen MR) is 89.4 cm³/mol. The van der Waals surface area contributed by atoms with Crippen LogP contribution >= 0.6 is 0 Å². The molecule has 3 atom stereocenters. The van der Waals surface area contributed by atoms with Crippen LogP contribution in [0.4, 0.5) is 0 Å². The van der Waals surface area contributed by atoms with Gasteiger partial charge < -0.3 is 4.74 Å². The Balaban J connectivity index is 1.80. The van der Waals surface area contributed by atoms with Crippen LogP contribution in [0.2, 0.25) is 0 Å². The number of esters is 1. The Morgan fingerprint density at radius 1 is 1.23 bits per heavy atom. The second kappa shape index (κ2) is 5.54. The van der Waals surface area contributed by atoms with Crippen LogP contribution in [0.15, 0.2) is 23.3 Å². The molecule has 2 heteroatoms. The summed E-state index contributed by atoms with van der Waals surface area (Å²) in [6.45, 7) is 10.2. The lowest BCUT2D eigenvalue weighted by molar-refractivity contribution is -0.136. The highest BCUT2D eigenvalue weighted by molar-refractivity contribution is 5.90. The average Bonchev–Trinajstić information content (AvgIpc) is 2.82. The van der Waals surface area contributed by atoms with Gasteiger partial charge in [-0.25, -0.2) is 4.79 Å². The van der Waals surface area contributed by atoms with Crippen molar-refractivity contribution in [3.8, 4) is 0 Å². The van der Waals surface area contributed by atoms with Gasteiger partial charge in [0.15, 0.2) is 0 Å². The number of ether oxygens (including phenoxy) is 1. The van der Waals surface area contributed by atoms with E-state index < -0.39 is 0 Å². The minimum Gasteiger partial charge on any atom is -0.458 e. The van der Waals surface area contributed by atoms with Gasteiger partial charge in [-0.2, -0.15) is 0 Å². The number of hydrogen-bond donors (Lipinski definition) is 0. The zero-order chi connectivity index (χ0) is 16.0. The van der Waals surface area contributed by atoms with Gasteiger partial charge in [-0.05, 0) is 67.8 Å². The molecule has 3 aliphatic rings. The number of fused-ring (bicyclic) bond motifs is 1. The third-order valence-electron chi connectivity index (χ3n) is 6.81. The lowest BCUT2D eigenvalue weighted by Gasteiger charge is -2.57. The average molecular weight is 302 g/mol. The summed E-state index contributed by atoms with van der Waals surface area (Å²) in [6, 6.07) is 0. The number of allylic oxidation sites excluding steroid dienone is 2.